The summed E-state index contributed by atoms with van der Waals surface area (Å²) in [7, 11) is 0. The van der Waals surface area contributed by atoms with E-state index in [-0.39, 0.29) is 5.92 Å². The van der Waals surface area contributed by atoms with Crippen LogP contribution in [0.2, 0.25) is 0 Å². The Hall–Kier alpha value is -3.59. The first kappa shape index (κ1) is 15.6. The predicted octanol–water partition coefficient (Wildman–Crippen LogP) is 5.64. The molecule has 2 aromatic heterocycles. The maximum absolute atomic E-state index is 11.8. The van der Waals surface area contributed by atoms with Crippen molar-refractivity contribution in [1.29, 1.82) is 0 Å². The first-order chi connectivity index (χ1) is 13.4. The first-order valence-corrected chi connectivity index (χ1v) is 9.03. The molecule has 3 nitrogen and oxygen atoms in total. The van der Waals surface area contributed by atoms with Crippen LogP contribution in [0.1, 0.15) is 33.0 Å². The van der Waals surface area contributed by atoms with E-state index in [1.54, 1.807) is 0 Å². The van der Waals surface area contributed by atoms with Crippen molar-refractivity contribution in [1.82, 2.24) is 9.97 Å². The summed E-state index contributed by atoms with van der Waals surface area (Å²) in [5.74, 6) is -0.0429. The highest BCUT2D eigenvalue weighted by Crippen LogP contribution is 2.40. The molecule has 130 valence electrons. The van der Waals surface area contributed by atoms with E-state index < -0.39 is 0 Å². The topological polar surface area (TPSA) is 48.6 Å². The fourth-order valence-electron chi connectivity index (χ4n) is 4.05. The molecule has 2 N–H and O–H groups in total. The molecule has 0 atom stereocenters. The zero-order valence-corrected chi connectivity index (χ0v) is 14.6. The molecule has 0 saturated heterocycles. The van der Waals surface area contributed by atoms with Crippen molar-refractivity contribution in [2.24, 2.45) is 0 Å². The first-order valence-electron chi connectivity index (χ1n) is 9.03. The predicted molar refractivity (Wildman–Crippen MR) is 109 cm³/mol. The summed E-state index contributed by atoms with van der Waals surface area (Å²) < 4.78 is 0. The summed E-state index contributed by atoms with van der Waals surface area (Å²) in [4.78, 5) is 18.6. The van der Waals surface area contributed by atoms with Gasteiger partial charge in [-0.25, -0.2) is 0 Å². The second-order valence-electron chi connectivity index (χ2n) is 6.76. The van der Waals surface area contributed by atoms with Gasteiger partial charge in [0.1, 0.15) is 6.29 Å². The van der Waals surface area contributed by atoms with Crippen LogP contribution in [0.25, 0.3) is 21.8 Å². The summed E-state index contributed by atoms with van der Waals surface area (Å²) in [6, 6.07) is 24.4. The molecular weight excluding hydrogens is 332 g/mol. The molecule has 0 aliphatic carbocycles. The van der Waals surface area contributed by atoms with Gasteiger partial charge in [0.25, 0.3) is 0 Å². The van der Waals surface area contributed by atoms with E-state index in [4.69, 9.17) is 0 Å². The standard InChI is InChI=1S/C24H18N2O/c27-15-16-7-1-2-8-17(16)24(20-13-25-22-11-5-3-9-18(20)22)21-14-26-23-12-6-4-10-19(21)23/h1-15,24-26H. The molecule has 27 heavy (non-hydrogen) atoms. The van der Waals surface area contributed by atoms with Gasteiger partial charge in [0, 0.05) is 45.7 Å². The number of aromatic amines is 2. The number of carbonyl (C=O) groups excluding carboxylic acids is 1. The van der Waals surface area contributed by atoms with Gasteiger partial charge in [0.2, 0.25) is 0 Å². The average Bonchev–Trinajstić information content (AvgIpc) is 3.34. The molecule has 0 fully saturated rings. The number of aromatic nitrogens is 2. The molecule has 0 saturated carbocycles. The molecule has 0 unspecified atom stereocenters. The smallest absolute Gasteiger partial charge is 0.150 e. The van der Waals surface area contributed by atoms with E-state index in [1.807, 2.05) is 30.3 Å². The van der Waals surface area contributed by atoms with Gasteiger partial charge in [-0.3, -0.25) is 4.79 Å². The van der Waals surface area contributed by atoms with Gasteiger partial charge >= 0.3 is 0 Å². The van der Waals surface area contributed by atoms with Gasteiger partial charge in [0.15, 0.2) is 0 Å². The number of H-pyrrole nitrogens is 2. The van der Waals surface area contributed by atoms with Crippen LogP contribution >= 0.6 is 0 Å². The third-order valence-corrected chi connectivity index (χ3v) is 5.30. The maximum Gasteiger partial charge on any atom is 0.150 e. The fraction of sp³-hybridized carbons (Fsp3) is 0.0417. The van der Waals surface area contributed by atoms with Gasteiger partial charge in [-0.05, 0) is 28.8 Å². The number of hydrogen-bond donors (Lipinski definition) is 2. The van der Waals surface area contributed by atoms with Gasteiger partial charge in [-0.15, -0.1) is 0 Å². The Kier molecular flexibility index (Phi) is 3.65. The number of carbonyl (C=O) groups is 1. The molecule has 3 aromatic carbocycles. The lowest BCUT2D eigenvalue weighted by atomic mass is 9.83. The molecule has 0 amide bonds. The van der Waals surface area contributed by atoms with Gasteiger partial charge in [-0.1, -0.05) is 60.7 Å². The van der Waals surface area contributed by atoms with E-state index in [1.165, 1.54) is 21.9 Å². The molecule has 0 aliphatic heterocycles. The van der Waals surface area contributed by atoms with E-state index in [0.29, 0.717) is 0 Å². The van der Waals surface area contributed by atoms with Gasteiger partial charge in [0.05, 0.1) is 0 Å². The lowest BCUT2D eigenvalue weighted by Crippen LogP contribution is -2.05. The summed E-state index contributed by atoms with van der Waals surface area (Å²) in [6.45, 7) is 0. The zero-order valence-electron chi connectivity index (χ0n) is 14.6. The molecule has 0 spiro atoms. The highest BCUT2D eigenvalue weighted by Gasteiger charge is 2.24. The van der Waals surface area contributed by atoms with Gasteiger partial charge in [-0.2, -0.15) is 0 Å². The van der Waals surface area contributed by atoms with Crippen molar-refractivity contribution < 1.29 is 4.79 Å². The summed E-state index contributed by atoms with van der Waals surface area (Å²) in [5, 5.41) is 2.35. The lowest BCUT2D eigenvalue weighted by Gasteiger charge is -2.19. The SMILES string of the molecule is O=Cc1ccccc1C(c1c[nH]c2ccccc12)c1c[nH]c2ccccc12. The van der Waals surface area contributed by atoms with Crippen LogP contribution in [0.3, 0.4) is 0 Å². The maximum atomic E-state index is 11.8. The minimum atomic E-state index is -0.0429. The molecule has 0 radical (unpaired) electrons. The Morgan fingerprint density at radius 3 is 1.74 bits per heavy atom. The molecule has 5 aromatic rings. The Balaban J connectivity index is 1.84. The molecule has 3 heteroatoms. The van der Waals surface area contributed by atoms with Crippen molar-refractivity contribution in [3.05, 3.63) is 107 Å². The van der Waals surface area contributed by atoms with E-state index >= 15 is 0 Å². The second kappa shape index (κ2) is 6.29. The Morgan fingerprint density at radius 1 is 0.630 bits per heavy atom. The number of fused-ring (bicyclic) bond motifs is 2. The van der Waals surface area contributed by atoms with E-state index in [0.717, 1.165) is 28.4 Å². The molecule has 0 aliphatic rings. The number of para-hydroxylation sites is 2. The van der Waals surface area contributed by atoms with Crippen LogP contribution in [0.5, 0.6) is 0 Å². The Bertz CT molecular complexity index is 1190. The van der Waals surface area contributed by atoms with Crippen LogP contribution in [-0.2, 0) is 0 Å². The average molecular weight is 350 g/mol. The summed E-state index contributed by atoms with van der Waals surface area (Å²) in [6.07, 6.45) is 5.09. The van der Waals surface area contributed by atoms with Crippen molar-refractivity contribution in [2.75, 3.05) is 0 Å². The highest BCUT2D eigenvalue weighted by molar-refractivity contribution is 5.90. The molecule has 5 rings (SSSR count). The Morgan fingerprint density at radius 2 is 1.15 bits per heavy atom. The number of benzene rings is 3. The van der Waals surface area contributed by atoms with Crippen LogP contribution in [0.4, 0.5) is 0 Å². The van der Waals surface area contributed by atoms with Crippen LogP contribution < -0.4 is 0 Å². The minimum absolute atomic E-state index is 0.0429. The number of aldehydes is 1. The van der Waals surface area contributed by atoms with Crippen molar-refractivity contribution in [3.63, 3.8) is 0 Å². The molecule has 2 heterocycles. The summed E-state index contributed by atoms with van der Waals surface area (Å²) >= 11 is 0. The minimum Gasteiger partial charge on any atom is -0.361 e. The van der Waals surface area contributed by atoms with E-state index in [2.05, 4.69) is 64.8 Å². The summed E-state index contributed by atoms with van der Waals surface area (Å²) in [5.41, 5.74) is 6.27. The normalized spacial score (nSPS) is 11.4. The Labute approximate surface area is 156 Å². The monoisotopic (exact) mass is 350 g/mol. The third-order valence-electron chi connectivity index (χ3n) is 5.30. The molecular formula is C24H18N2O. The zero-order chi connectivity index (χ0) is 18.2. The number of hydrogen-bond acceptors (Lipinski definition) is 1. The van der Waals surface area contributed by atoms with Crippen molar-refractivity contribution >= 4 is 28.1 Å². The second-order valence-corrected chi connectivity index (χ2v) is 6.76. The number of rotatable bonds is 4. The largest absolute Gasteiger partial charge is 0.361 e. The fourth-order valence-corrected chi connectivity index (χ4v) is 4.05. The van der Waals surface area contributed by atoms with Crippen LogP contribution in [-0.4, -0.2) is 16.3 Å². The van der Waals surface area contributed by atoms with Crippen molar-refractivity contribution in [3.8, 4) is 0 Å². The van der Waals surface area contributed by atoms with Crippen LogP contribution in [0, 0.1) is 0 Å². The third kappa shape index (κ3) is 2.48. The molecule has 0 bridgehead atoms. The van der Waals surface area contributed by atoms with Crippen molar-refractivity contribution in [2.45, 2.75) is 5.92 Å². The van der Waals surface area contributed by atoms with E-state index in [9.17, 15) is 4.79 Å². The highest BCUT2D eigenvalue weighted by atomic mass is 16.1. The van der Waals surface area contributed by atoms with Crippen LogP contribution in [0.15, 0.2) is 85.2 Å². The quantitative estimate of drug-likeness (QED) is 0.405. The lowest BCUT2D eigenvalue weighted by molar-refractivity contribution is 0.112. The number of nitrogens with one attached hydrogen (secondary N) is 2. The van der Waals surface area contributed by atoms with Gasteiger partial charge < -0.3 is 9.97 Å².